The van der Waals surface area contributed by atoms with Crippen molar-refractivity contribution in [2.45, 2.75) is 186 Å². The van der Waals surface area contributed by atoms with E-state index >= 15 is 0 Å². The van der Waals surface area contributed by atoms with Crippen LogP contribution in [0.15, 0.2) is 0 Å². The first-order valence-electron chi connectivity index (χ1n) is 22.6. The number of carbonyl (C=O) groups excluding carboxylic acids is 1. The first kappa shape index (κ1) is 60.7. The molecule has 0 aromatic carbocycles. The van der Waals surface area contributed by atoms with Crippen LogP contribution in [0.2, 0.25) is 160 Å². The number of rotatable bonds is 25. The molecule has 0 aromatic heterocycles. The van der Waals surface area contributed by atoms with Gasteiger partial charge in [0.05, 0.1) is 0 Å². The van der Waals surface area contributed by atoms with E-state index < -0.39 is 75.8 Å². The van der Waals surface area contributed by atoms with Gasteiger partial charge in [-0.2, -0.15) is 0 Å². The summed E-state index contributed by atoms with van der Waals surface area (Å²) >= 11 is 0. The van der Waals surface area contributed by atoms with E-state index in [2.05, 4.69) is 218 Å². The molecule has 63 heavy (non-hydrogen) atoms. The average Bonchev–Trinajstić information content (AvgIpc) is 3.11. The van der Waals surface area contributed by atoms with Crippen molar-refractivity contribution in [3.8, 4) is 94.7 Å². The predicted octanol–water partition coefficient (Wildman–Crippen LogP) is 10.5. The van der Waals surface area contributed by atoms with Gasteiger partial charge in [-0.25, -0.2) is 0 Å². The Hall–Kier alpha value is -2.30. The lowest BCUT2D eigenvalue weighted by Crippen LogP contribution is -2.55. The third-order valence-electron chi connectivity index (χ3n) is 9.69. The number of hydrogen-bond donors (Lipinski definition) is 1. The van der Waals surface area contributed by atoms with Gasteiger partial charge in [0.2, 0.25) is 0 Å². The summed E-state index contributed by atoms with van der Waals surface area (Å²) in [6.45, 7) is 44.6. The summed E-state index contributed by atoms with van der Waals surface area (Å²) in [4.78, 5) is 12.4. The molecule has 16 heteroatoms. The van der Waals surface area contributed by atoms with Gasteiger partial charge in [-0.3, -0.25) is 4.79 Å². The highest BCUT2D eigenvalue weighted by Gasteiger charge is 2.44. The highest BCUT2D eigenvalue weighted by molar-refractivity contribution is 6.91. The lowest BCUT2D eigenvalue weighted by atomic mass is 10.4. The Morgan fingerprint density at radius 2 is 0.762 bits per heavy atom. The zero-order valence-electron chi connectivity index (χ0n) is 42.8. The molecule has 0 aliphatic carbocycles. The lowest BCUT2D eigenvalue weighted by Gasteiger charge is -2.42. The Bertz CT molecular complexity index is 2020. The van der Waals surface area contributed by atoms with E-state index in [1.807, 2.05) is 0 Å². The Morgan fingerprint density at radius 1 is 0.444 bits per heavy atom. The fourth-order valence-electron chi connectivity index (χ4n) is 7.38. The quantitative estimate of drug-likeness (QED) is 0.0558. The molecule has 0 bridgehead atoms. The standard InChI is InChI=1S/C47H81NO6Si9/c1-20-22-23-24-25-26-27-28-29-30-31-32-33-34-35-37-47(49)48-38-36-40-63(19,53-57(7,8)39-21-2)54-62(17,18)46-45-61(15,16)52-60(13,14)44-43-59(11,12)51-58(9,10)42-41-56(5,6)50-55(3)4/h55H,21,36,38-46H2,1-19H3,(H,48,49). The van der Waals surface area contributed by atoms with Gasteiger partial charge < -0.3 is 25.9 Å². The molecule has 1 unspecified atom stereocenters. The van der Waals surface area contributed by atoms with E-state index in [-0.39, 0.29) is 5.91 Å². The van der Waals surface area contributed by atoms with Gasteiger partial charge in [-0.05, 0) is 256 Å². The van der Waals surface area contributed by atoms with Crippen molar-refractivity contribution < 1.29 is 25.4 Å². The van der Waals surface area contributed by atoms with Gasteiger partial charge in [0, 0.05) is 12.5 Å². The van der Waals surface area contributed by atoms with Gasteiger partial charge >= 0.3 is 8.56 Å². The summed E-state index contributed by atoms with van der Waals surface area (Å²) < 4.78 is 35.1. The second-order valence-corrected chi connectivity index (χ2v) is 58.0. The number of nitrogens with one attached hydrogen (secondary N) is 1. The second-order valence-electron chi connectivity index (χ2n) is 20.8. The van der Waals surface area contributed by atoms with Gasteiger partial charge in [-0.15, -0.1) is 0 Å². The fraction of sp³-hybridized carbons (Fsp3) is 0.638. The first-order chi connectivity index (χ1) is 28.9. The summed E-state index contributed by atoms with van der Waals surface area (Å²) in [5.74, 6) is 40.7. The smallest absolute Gasteiger partial charge is 0.314 e. The van der Waals surface area contributed by atoms with Crippen LogP contribution in [0.4, 0.5) is 0 Å². The van der Waals surface area contributed by atoms with Crippen LogP contribution < -0.4 is 5.32 Å². The molecule has 0 rings (SSSR count). The van der Waals surface area contributed by atoms with Gasteiger partial charge in [0.15, 0.2) is 67.3 Å². The maximum absolute atomic E-state index is 12.4. The molecule has 0 saturated heterocycles. The third-order valence-corrected chi connectivity index (χ3v) is 44.0. The van der Waals surface area contributed by atoms with Crippen LogP contribution in [0.1, 0.15) is 26.7 Å². The first-order valence-corrected chi connectivity index (χ1v) is 49.7. The molecule has 1 atom stereocenters. The third kappa shape index (κ3) is 33.8. The minimum Gasteiger partial charge on any atom is -0.458 e. The maximum atomic E-state index is 12.4. The molecule has 1 amide bonds. The highest BCUT2D eigenvalue weighted by atomic mass is 28.5. The number of carbonyl (C=O) groups is 1. The molecule has 0 aromatic rings. The molecule has 0 spiro atoms. The topological polar surface area (TPSA) is 75.3 Å². The molecule has 0 aliphatic heterocycles. The highest BCUT2D eigenvalue weighted by Crippen LogP contribution is 2.34. The van der Waals surface area contributed by atoms with Gasteiger partial charge in [0.1, 0.15) is 0 Å². The summed E-state index contributed by atoms with van der Waals surface area (Å²) in [6.07, 6.45) is 1.84. The van der Waals surface area contributed by atoms with Crippen molar-refractivity contribution in [1.29, 1.82) is 0 Å². The normalized spacial score (nSPS) is 12.7. The average molecular weight is 1010 g/mol. The summed E-state index contributed by atoms with van der Waals surface area (Å²) in [5, 5.41) is 2.91. The molecule has 0 aliphatic rings. The zero-order valence-corrected chi connectivity index (χ0v) is 52.0. The van der Waals surface area contributed by atoms with Crippen molar-refractivity contribution in [3.05, 3.63) is 0 Å². The predicted molar refractivity (Wildman–Crippen MR) is 293 cm³/mol. The summed E-state index contributed by atoms with van der Waals surface area (Å²) in [5.41, 5.74) is 0. The van der Waals surface area contributed by atoms with Crippen LogP contribution in [-0.2, 0) is 25.4 Å². The zero-order chi connectivity index (χ0) is 48.5. The van der Waals surface area contributed by atoms with Crippen LogP contribution in [0.5, 0.6) is 0 Å². The van der Waals surface area contributed by atoms with Crippen molar-refractivity contribution in [1.82, 2.24) is 5.32 Å². The monoisotopic (exact) mass is 1010 g/mol. The molecule has 0 fully saturated rings. The Kier molecular flexibility index (Phi) is 27.6. The Balaban J connectivity index is 5.41. The van der Waals surface area contributed by atoms with Crippen LogP contribution in [-0.4, -0.2) is 88.3 Å². The Labute approximate surface area is 397 Å². The lowest BCUT2D eigenvalue weighted by molar-refractivity contribution is -0.115. The van der Waals surface area contributed by atoms with Gasteiger partial charge in [-0.1, -0.05) is 19.3 Å². The van der Waals surface area contributed by atoms with E-state index in [1.165, 1.54) is 12.1 Å². The minimum absolute atomic E-state index is 0.377. The van der Waals surface area contributed by atoms with E-state index in [0.29, 0.717) is 6.54 Å². The molecule has 0 saturated carbocycles. The van der Waals surface area contributed by atoms with E-state index in [9.17, 15) is 4.79 Å². The van der Waals surface area contributed by atoms with Crippen LogP contribution in [0.3, 0.4) is 0 Å². The van der Waals surface area contributed by atoms with Crippen molar-refractivity contribution in [2.24, 2.45) is 0 Å². The minimum atomic E-state index is -2.58. The molecule has 0 heterocycles. The molecular formula is C47H81NO6Si9. The van der Waals surface area contributed by atoms with Crippen LogP contribution in [0.25, 0.3) is 0 Å². The number of amides is 1. The van der Waals surface area contributed by atoms with Crippen LogP contribution >= 0.6 is 0 Å². The SMILES string of the molecule is CC#CC#CC#CC#CC#CC#CC#CC#CC(=O)NCCC[Si](C)(O[Si](C)(C)CCC)O[Si](C)(C)CC[Si](C)(C)O[Si](C)(C)CC[Si](C)(C)O[Si](C)(C)CC[Si](C)(C)O[SiH](C)C. The number of hydrogen-bond acceptors (Lipinski definition) is 6. The maximum Gasteiger partial charge on any atom is 0.314 e. The summed E-state index contributed by atoms with van der Waals surface area (Å²) in [6, 6.07) is 8.70. The van der Waals surface area contributed by atoms with Gasteiger partial charge in [0.25, 0.3) is 5.91 Å². The Morgan fingerprint density at radius 3 is 1.11 bits per heavy atom. The molecule has 7 nitrogen and oxygen atoms in total. The van der Waals surface area contributed by atoms with E-state index in [4.69, 9.17) is 20.6 Å². The second kappa shape index (κ2) is 28.7. The largest absolute Gasteiger partial charge is 0.458 e. The van der Waals surface area contributed by atoms with Crippen molar-refractivity contribution >= 4 is 81.7 Å². The fourth-order valence-corrected chi connectivity index (χ4v) is 54.6. The van der Waals surface area contributed by atoms with Crippen molar-refractivity contribution in [2.75, 3.05) is 6.54 Å². The van der Waals surface area contributed by atoms with Crippen LogP contribution in [0, 0.1) is 94.7 Å². The molecule has 346 valence electrons. The molecular weight excluding hydrogens is 927 g/mol. The summed E-state index contributed by atoms with van der Waals surface area (Å²) in [7, 11) is -16.8. The molecule has 0 radical (unpaired) electrons. The van der Waals surface area contributed by atoms with E-state index in [0.717, 1.165) is 49.1 Å². The molecule has 1 N–H and O–H groups in total. The van der Waals surface area contributed by atoms with Crippen molar-refractivity contribution in [3.63, 3.8) is 0 Å². The van der Waals surface area contributed by atoms with E-state index in [1.54, 1.807) is 6.92 Å².